The third-order valence-corrected chi connectivity index (χ3v) is 4.84. The van der Waals surface area contributed by atoms with Crippen LogP contribution in [-0.2, 0) is 4.74 Å². The van der Waals surface area contributed by atoms with E-state index in [-0.39, 0.29) is 18.0 Å². The van der Waals surface area contributed by atoms with Crippen LogP contribution in [0.3, 0.4) is 0 Å². The van der Waals surface area contributed by atoms with Crippen molar-refractivity contribution in [3.8, 4) is 0 Å². The van der Waals surface area contributed by atoms with Gasteiger partial charge in [0.1, 0.15) is 4.88 Å². The molecule has 2 heterocycles. The average molecular weight is 297 g/mol. The Balaban J connectivity index is 1.58. The fourth-order valence-corrected chi connectivity index (χ4v) is 3.52. The third kappa shape index (κ3) is 2.85. The lowest BCUT2D eigenvalue weighted by atomic mass is 10.1. The highest BCUT2D eigenvalue weighted by Crippen LogP contribution is 2.26. The number of ether oxygens (including phenoxy) is 1. The number of hydrogen-bond donors (Lipinski definition) is 2. The number of morpholine rings is 1. The molecule has 2 N–H and O–H groups in total. The molecule has 1 aromatic rings. The molecule has 0 radical (unpaired) electrons. The highest BCUT2D eigenvalue weighted by molar-refractivity contribution is 7.11. The molecular formula is C13H19N3O3S. The van der Waals surface area contributed by atoms with E-state index in [1.807, 2.05) is 0 Å². The molecule has 2 aliphatic rings. The highest BCUT2D eigenvalue weighted by Gasteiger charge is 2.39. The molecule has 1 aliphatic carbocycles. The van der Waals surface area contributed by atoms with Crippen molar-refractivity contribution in [1.29, 1.82) is 0 Å². The number of aromatic nitrogens is 1. The van der Waals surface area contributed by atoms with E-state index in [1.165, 1.54) is 11.3 Å². The zero-order valence-corrected chi connectivity index (χ0v) is 12.0. The first-order valence-electron chi connectivity index (χ1n) is 6.95. The van der Waals surface area contributed by atoms with Crippen LogP contribution in [0.5, 0.6) is 0 Å². The van der Waals surface area contributed by atoms with Crippen LogP contribution in [0.2, 0.25) is 0 Å². The van der Waals surface area contributed by atoms with Crippen molar-refractivity contribution in [1.82, 2.24) is 15.2 Å². The van der Waals surface area contributed by atoms with Crippen LogP contribution in [0.4, 0.5) is 0 Å². The summed E-state index contributed by atoms with van der Waals surface area (Å²) in [5.41, 5.74) is 1.64. The normalized spacial score (nSPS) is 31.4. The monoisotopic (exact) mass is 297 g/mol. The van der Waals surface area contributed by atoms with Crippen molar-refractivity contribution in [2.75, 3.05) is 26.3 Å². The second kappa shape index (κ2) is 6.17. The van der Waals surface area contributed by atoms with Gasteiger partial charge in [0.15, 0.2) is 0 Å². The lowest BCUT2D eigenvalue weighted by Gasteiger charge is -2.34. The van der Waals surface area contributed by atoms with Crippen molar-refractivity contribution in [3.63, 3.8) is 0 Å². The van der Waals surface area contributed by atoms with Gasteiger partial charge in [-0.15, -0.1) is 11.3 Å². The van der Waals surface area contributed by atoms with Crippen LogP contribution in [0.1, 0.15) is 22.5 Å². The molecule has 0 unspecified atom stereocenters. The topological polar surface area (TPSA) is 74.7 Å². The van der Waals surface area contributed by atoms with Crippen LogP contribution < -0.4 is 5.32 Å². The molecular weight excluding hydrogens is 278 g/mol. The molecule has 0 bridgehead atoms. The molecule has 1 saturated heterocycles. The van der Waals surface area contributed by atoms with E-state index in [4.69, 9.17) is 4.74 Å². The number of rotatable bonds is 3. The van der Waals surface area contributed by atoms with Crippen molar-refractivity contribution < 1.29 is 14.6 Å². The number of hydrogen-bond acceptors (Lipinski definition) is 6. The molecule has 0 spiro atoms. The van der Waals surface area contributed by atoms with Crippen LogP contribution >= 0.6 is 11.3 Å². The third-order valence-electron chi connectivity index (χ3n) is 4.07. The highest BCUT2D eigenvalue weighted by atomic mass is 32.1. The molecule has 20 heavy (non-hydrogen) atoms. The van der Waals surface area contributed by atoms with Gasteiger partial charge in [0.25, 0.3) is 5.91 Å². The molecule has 6 nitrogen and oxygen atoms in total. The molecule has 1 saturated carbocycles. The zero-order chi connectivity index (χ0) is 13.9. The molecule has 7 heteroatoms. The molecule has 110 valence electrons. The maximum atomic E-state index is 12.0. The summed E-state index contributed by atoms with van der Waals surface area (Å²) in [4.78, 5) is 18.8. The van der Waals surface area contributed by atoms with Crippen LogP contribution in [0.25, 0.3) is 0 Å². The lowest BCUT2D eigenvalue weighted by Crippen LogP contribution is -2.51. The van der Waals surface area contributed by atoms with Crippen molar-refractivity contribution in [2.24, 2.45) is 0 Å². The van der Waals surface area contributed by atoms with E-state index in [0.717, 1.165) is 39.1 Å². The van der Waals surface area contributed by atoms with Crippen molar-refractivity contribution in [3.05, 3.63) is 16.6 Å². The molecule has 1 amide bonds. The van der Waals surface area contributed by atoms with Gasteiger partial charge < -0.3 is 15.2 Å². The van der Waals surface area contributed by atoms with Crippen LogP contribution in [0.15, 0.2) is 11.7 Å². The van der Waals surface area contributed by atoms with E-state index >= 15 is 0 Å². The Labute approximate surface area is 121 Å². The van der Waals surface area contributed by atoms with Gasteiger partial charge in [0.2, 0.25) is 0 Å². The lowest BCUT2D eigenvalue weighted by molar-refractivity contribution is -0.0154. The molecule has 0 aromatic carbocycles. The van der Waals surface area contributed by atoms with Gasteiger partial charge in [0, 0.05) is 19.1 Å². The first-order valence-corrected chi connectivity index (χ1v) is 7.83. The maximum Gasteiger partial charge on any atom is 0.263 e. The van der Waals surface area contributed by atoms with Gasteiger partial charge in [-0.3, -0.25) is 14.7 Å². The van der Waals surface area contributed by atoms with Crippen LogP contribution in [0, 0.1) is 0 Å². The fraction of sp³-hybridized carbons (Fsp3) is 0.692. The summed E-state index contributed by atoms with van der Waals surface area (Å²) in [5, 5.41) is 13.4. The minimum absolute atomic E-state index is 0.130. The number of carbonyl (C=O) groups excluding carboxylic acids is 1. The Morgan fingerprint density at radius 2 is 2.25 bits per heavy atom. The maximum absolute atomic E-state index is 12.0. The minimum Gasteiger partial charge on any atom is -0.389 e. The van der Waals surface area contributed by atoms with E-state index < -0.39 is 6.10 Å². The van der Waals surface area contributed by atoms with Gasteiger partial charge in [-0.1, -0.05) is 0 Å². The van der Waals surface area contributed by atoms with Gasteiger partial charge >= 0.3 is 0 Å². The number of nitrogens with one attached hydrogen (secondary N) is 1. The minimum atomic E-state index is -0.509. The number of thiazole rings is 1. The predicted molar refractivity (Wildman–Crippen MR) is 74.8 cm³/mol. The summed E-state index contributed by atoms with van der Waals surface area (Å²) in [7, 11) is 0. The number of aliphatic hydroxyl groups excluding tert-OH is 1. The first-order chi connectivity index (χ1) is 9.75. The Morgan fingerprint density at radius 3 is 2.95 bits per heavy atom. The van der Waals surface area contributed by atoms with E-state index in [1.54, 1.807) is 11.7 Å². The second-order valence-electron chi connectivity index (χ2n) is 5.23. The van der Waals surface area contributed by atoms with Crippen LogP contribution in [-0.4, -0.2) is 65.4 Å². The first kappa shape index (κ1) is 13.9. The SMILES string of the molecule is O=C(N[C@@H]1CC[C@@H](N2CCOCC2)[C@H]1O)c1cncs1. The summed E-state index contributed by atoms with van der Waals surface area (Å²) in [5.74, 6) is -0.140. The summed E-state index contributed by atoms with van der Waals surface area (Å²) in [6.45, 7) is 3.16. The van der Waals surface area contributed by atoms with Gasteiger partial charge in [0.05, 0.1) is 37.1 Å². The van der Waals surface area contributed by atoms with E-state index in [2.05, 4.69) is 15.2 Å². The summed E-state index contributed by atoms with van der Waals surface area (Å²) < 4.78 is 5.34. The fourth-order valence-electron chi connectivity index (χ4n) is 2.99. The number of nitrogens with zero attached hydrogens (tertiary/aromatic N) is 2. The Kier molecular flexibility index (Phi) is 4.30. The predicted octanol–water partition coefficient (Wildman–Crippen LogP) is 0.0970. The van der Waals surface area contributed by atoms with Crippen molar-refractivity contribution >= 4 is 17.2 Å². The van der Waals surface area contributed by atoms with Gasteiger partial charge in [-0.2, -0.15) is 0 Å². The largest absolute Gasteiger partial charge is 0.389 e. The summed E-state index contributed by atoms with van der Waals surface area (Å²) in [6, 6.07) is -0.0388. The molecule has 3 rings (SSSR count). The van der Waals surface area contributed by atoms with Gasteiger partial charge in [-0.05, 0) is 12.8 Å². The Morgan fingerprint density at radius 1 is 1.45 bits per heavy atom. The Bertz CT molecular complexity index is 448. The van der Waals surface area contributed by atoms with E-state index in [0.29, 0.717) is 4.88 Å². The molecule has 3 atom stereocenters. The van der Waals surface area contributed by atoms with Crippen molar-refractivity contribution in [2.45, 2.75) is 31.0 Å². The number of carbonyl (C=O) groups is 1. The van der Waals surface area contributed by atoms with Gasteiger partial charge in [-0.25, -0.2) is 0 Å². The number of amides is 1. The molecule has 2 fully saturated rings. The summed E-state index contributed by atoms with van der Waals surface area (Å²) in [6.07, 6.45) is 2.77. The smallest absolute Gasteiger partial charge is 0.263 e. The zero-order valence-electron chi connectivity index (χ0n) is 11.2. The average Bonchev–Trinajstić information content (AvgIpc) is 3.11. The Hall–Kier alpha value is -1.02. The second-order valence-corrected chi connectivity index (χ2v) is 6.12. The molecule has 1 aliphatic heterocycles. The summed E-state index contributed by atoms with van der Waals surface area (Å²) >= 11 is 1.31. The molecule has 1 aromatic heterocycles. The standard InChI is InChI=1S/C13H19N3O3S/c17-12-9(15-13(18)11-7-14-8-20-11)1-2-10(12)16-3-5-19-6-4-16/h7-10,12,17H,1-6H2,(H,15,18)/t9-,10-,12+/m1/s1. The quantitative estimate of drug-likeness (QED) is 0.827. The number of aliphatic hydroxyl groups is 1. The van der Waals surface area contributed by atoms with E-state index in [9.17, 15) is 9.90 Å².